The van der Waals surface area contributed by atoms with Gasteiger partial charge < -0.3 is 9.73 Å². The molecule has 21 heavy (non-hydrogen) atoms. The SMILES string of the molecule is CCCc1nnc(SCC(=O)Nc2cc(C)ccc2C)o1. The Morgan fingerprint density at radius 2 is 2.14 bits per heavy atom. The summed E-state index contributed by atoms with van der Waals surface area (Å²) in [6, 6.07) is 5.98. The standard InChI is InChI=1S/C15H19N3O2S/c1-4-5-14-17-18-15(20-14)21-9-13(19)16-12-8-10(2)6-7-11(12)3/h6-8H,4-5,9H2,1-3H3,(H,16,19). The predicted octanol–water partition coefficient (Wildman–Crippen LogP) is 3.37. The van der Waals surface area contributed by atoms with Crippen LogP contribution >= 0.6 is 11.8 Å². The largest absolute Gasteiger partial charge is 0.416 e. The summed E-state index contributed by atoms with van der Waals surface area (Å²) in [5.41, 5.74) is 3.00. The minimum atomic E-state index is -0.0797. The molecule has 5 nitrogen and oxygen atoms in total. The summed E-state index contributed by atoms with van der Waals surface area (Å²) in [7, 11) is 0. The first-order chi connectivity index (χ1) is 10.1. The highest BCUT2D eigenvalue weighted by Crippen LogP contribution is 2.19. The van der Waals surface area contributed by atoms with Crippen LogP contribution in [0.4, 0.5) is 5.69 Å². The topological polar surface area (TPSA) is 68.0 Å². The van der Waals surface area contributed by atoms with E-state index in [0.717, 1.165) is 29.7 Å². The van der Waals surface area contributed by atoms with Crippen molar-refractivity contribution in [1.82, 2.24) is 10.2 Å². The molecule has 0 unspecified atom stereocenters. The molecule has 6 heteroatoms. The van der Waals surface area contributed by atoms with Gasteiger partial charge in [-0.15, -0.1) is 10.2 Å². The van der Waals surface area contributed by atoms with Crippen LogP contribution in [0.3, 0.4) is 0 Å². The first kappa shape index (κ1) is 15.6. The molecule has 0 aliphatic heterocycles. The van der Waals surface area contributed by atoms with Gasteiger partial charge in [-0.3, -0.25) is 4.79 Å². The molecule has 1 amide bonds. The third-order valence-corrected chi connectivity index (χ3v) is 3.72. The molecule has 0 aliphatic rings. The number of rotatable bonds is 6. The number of aromatic nitrogens is 2. The van der Waals surface area contributed by atoms with E-state index in [1.165, 1.54) is 11.8 Å². The number of hydrogen-bond donors (Lipinski definition) is 1. The Morgan fingerprint density at radius 1 is 1.33 bits per heavy atom. The highest BCUT2D eigenvalue weighted by Gasteiger charge is 2.10. The molecular weight excluding hydrogens is 286 g/mol. The van der Waals surface area contributed by atoms with E-state index in [4.69, 9.17) is 4.42 Å². The Kier molecular flexibility index (Phi) is 5.38. The van der Waals surface area contributed by atoms with Gasteiger partial charge in [0.25, 0.3) is 5.22 Å². The number of amides is 1. The average Bonchev–Trinajstić information content (AvgIpc) is 2.89. The molecule has 1 aromatic heterocycles. The van der Waals surface area contributed by atoms with Gasteiger partial charge in [0.2, 0.25) is 11.8 Å². The Hall–Kier alpha value is -1.82. The lowest BCUT2D eigenvalue weighted by Gasteiger charge is -2.08. The van der Waals surface area contributed by atoms with Gasteiger partial charge in [0.1, 0.15) is 0 Å². The number of anilines is 1. The van der Waals surface area contributed by atoms with E-state index in [9.17, 15) is 4.79 Å². The molecule has 0 fully saturated rings. The van der Waals surface area contributed by atoms with E-state index in [0.29, 0.717) is 11.1 Å². The second-order valence-electron chi connectivity index (χ2n) is 4.87. The summed E-state index contributed by atoms with van der Waals surface area (Å²) in [6.07, 6.45) is 1.72. The lowest BCUT2D eigenvalue weighted by Crippen LogP contribution is -2.14. The number of hydrogen-bond acceptors (Lipinski definition) is 5. The van der Waals surface area contributed by atoms with Crippen LogP contribution in [-0.4, -0.2) is 21.9 Å². The van der Waals surface area contributed by atoms with Crippen molar-refractivity contribution in [2.75, 3.05) is 11.1 Å². The quantitative estimate of drug-likeness (QED) is 0.829. The van der Waals surface area contributed by atoms with Crippen LogP contribution in [-0.2, 0) is 11.2 Å². The Labute approximate surface area is 128 Å². The van der Waals surface area contributed by atoms with Crippen molar-refractivity contribution in [1.29, 1.82) is 0 Å². The second-order valence-corrected chi connectivity index (χ2v) is 5.79. The number of carbonyl (C=O) groups excluding carboxylic acids is 1. The minimum absolute atomic E-state index is 0.0797. The average molecular weight is 305 g/mol. The second kappa shape index (κ2) is 7.26. The van der Waals surface area contributed by atoms with Crippen molar-refractivity contribution >= 4 is 23.4 Å². The van der Waals surface area contributed by atoms with Gasteiger partial charge in [0.05, 0.1) is 5.75 Å². The lowest BCUT2D eigenvalue weighted by atomic mass is 10.1. The molecule has 1 aromatic carbocycles. The van der Waals surface area contributed by atoms with Crippen molar-refractivity contribution < 1.29 is 9.21 Å². The van der Waals surface area contributed by atoms with E-state index in [1.807, 2.05) is 32.0 Å². The molecule has 1 heterocycles. The number of benzene rings is 1. The first-order valence-electron chi connectivity index (χ1n) is 6.90. The van der Waals surface area contributed by atoms with Crippen molar-refractivity contribution in [2.45, 2.75) is 38.8 Å². The molecule has 2 aromatic rings. The smallest absolute Gasteiger partial charge is 0.277 e. The molecule has 1 N–H and O–H groups in total. The van der Waals surface area contributed by atoms with Crippen LogP contribution in [0.2, 0.25) is 0 Å². The number of carbonyl (C=O) groups is 1. The van der Waals surface area contributed by atoms with Crippen LogP contribution < -0.4 is 5.32 Å². The number of thioether (sulfide) groups is 1. The summed E-state index contributed by atoms with van der Waals surface area (Å²) < 4.78 is 5.43. The lowest BCUT2D eigenvalue weighted by molar-refractivity contribution is -0.113. The first-order valence-corrected chi connectivity index (χ1v) is 7.89. The molecular formula is C15H19N3O2S. The molecule has 0 atom stereocenters. The molecule has 0 saturated heterocycles. The van der Waals surface area contributed by atoms with E-state index < -0.39 is 0 Å². The maximum Gasteiger partial charge on any atom is 0.277 e. The monoisotopic (exact) mass is 305 g/mol. The van der Waals surface area contributed by atoms with Crippen LogP contribution in [0.25, 0.3) is 0 Å². The zero-order valence-electron chi connectivity index (χ0n) is 12.5. The zero-order chi connectivity index (χ0) is 15.2. The molecule has 112 valence electrons. The van der Waals surface area contributed by atoms with Crippen LogP contribution in [0.5, 0.6) is 0 Å². The fourth-order valence-electron chi connectivity index (χ4n) is 1.80. The zero-order valence-corrected chi connectivity index (χ0v) is 13.3. The van der Waals surface area contributed by atoms with Crippen LogP contribution in [0.15, 0.2) is 27.8 Å². The van der Waals surface area contributed by atoms with E-state index in [2.05, 4.69) is 22.4 Å². The van der Waals surface area contributed by atoms with E-state index in [-0.39, 0.29) is 11.7 Å². The van der Waals surface area contributed by atoms with Gasteiger partial charge in [-0.2, -0.15) is 0 Å². The number of nitrogens with one attached hydrogen (secondary N) is 1. The Bertz CT molecular complexity index is 625. The third kappa shape index (κ3) is 4.60. The fourth-order valence-corrected chi connectivity index (χ4v) is 2.38. The maximum absolute atomic E-state index is 12.0. The van der Waals surface area contributed by atoms with Crippen molar-refractivity contribution in [3.8, 4) is 0 Å². The predicted molar refractivity (Wildman–Crippen MR) is 83.6 cm³/mol. The van der Waals surface area contributed by atoms with Gasteiger partial charge in [-0.05, 0) is 37.5 Å². The number of nitrogens with zero attached hydrogens (tertiary/aromatic N) is 2. The van der Waals surface area contributed by atoms with Gasteiger partial charge in [0.15, 0.2) is 0 Å². The normalized spacial score (nSPS) is 10.6. The number of aryl methyl sites for hydroxylation is 3. The van der Waals surface area contributed by atoms with Gasteiger partial charge >= 0.3 is 0 Å². The Balaban J connectivity index is 1.88. The van der Waals surface area contributed by atoms with Crippen molar-refractivity contribution in [3.05, 3.63) is 35.2 Å². The van der Waals surface area contributed by atoms with E-state index >= 15 is 0 Å². The summed E-state index contributed by atoms with van der Waals surface area (Å²) in [5.74, 6) is 0.792. The Morgan fingerprint density at radius 3 is 2.90 bits per heavy atom. The summed E-state index contributed by atoms with van der Waals surface area (Å²) >= 11 is 1.25. The van der Waals surface area contributed by atoms with Crippen LogP contribution in [0.1, 0.15) is 30.4 Å². The fraction of sp³-hybridized carbons (Fsp3) is 0.400. The maximum atomic E-state index is 12.0. The molecule has 0 aliphatic carbocycles. The van der Waals surface area contributed by atoms with E-state index in [1.54, 1.807) is 0 Å². The molecule has 0 radical (unpaired) electrons. The van der Waals surface area contributed by atoms with Gasteiger partial charge in [-0.25, -0.2) is 0 Å². The molecule has 0 spiro atoms. The summed E-state index contributed by atoms with van der Waals surface area (Å²) in [6.45, 7) is 6.02. The highest BCUT2D eigenvalue weighted by molar-refractivity contribution is 7.99. The third-order valence-electron chi connectivity index (χ3n) is 2.91. The van der Waals surface area contributed by atoms with Crippen molar-refractivity contribution in [2.24, 2.45) is 0 Å². The van der Waals surface area contributed by atoms with Crippen LogP contribution in [0, 0.1) is 13.8 Å². The summed E-state index contributed by atoms with van der Waals surface area (Å²) in [4.78, 5) is 12.0. The van der Waals surface area contributed by atoms with Gasteiger partial charge in [0, 0.05) is 12.1 Å². The molecule has 0 bridgehead atoms. The molecule has 0 saturated carbocycles. The van der Waals surface area contributed by atoms with Gasteiger partial charge in [-0.1, -0.05) is 30.8 Å². The summed E-state index contributed by atoms with van der Waals surface area (Å²) in [5, 5.41) is 11.2. The van der Waals surface area contributed by atoms with Crippen molar-refractivity contribution in [3.63, 3.8) is 0 Å². The minimum Gasteiger partial charge on any atom is -0.416 e. The highest BCUT2D eigenvalue weighted by atomic mass is 32.2. The molecule has 2 rings (SSSR count).